The zero-order valence-corrected chi connectivity index (χ0v) is 38.6. The first-order chi connectivity index (χ1) is 22.1. The van der Waals surface area contributed by atoms with Crippen LogP contribution in [0.5, 0.6) is 0 Å². The molecule has 5 heteroatoms. The van der Waals surface area contributed by atoms with E-state index >= 15 is 0 Å². The van der Waals surface area contributed by atoms with Gasteiger partial charge in [0.2, 0.25) is 0 Å². The largest absolute Gasteiger partial charge is 1.00 e. The maximum atomic E-state index is 3.70. The Morgan fingerprint density at radius 1 is 0.540 bits per heavy atom. The number of rotatable bonds is 2. The molecule has 4 unspecified atom stereocenters. The van der Waals surface area contributed by atoms with E-state index in [4.69, 9.17) is 0 Å². The smallest absolute Gasteiger partial charge is 1.00 e. The SMILES string of the molecule is CC(C)(C)C1=[C-]C2=CC(C(C)(C)C)P(c3ccccc3)C2=C1.CC(C)(C)C1=[C-]C2=CC(C(C)(C)C)P(c3ccccc3)C2=C1.C[C](C)=[Zr+2].[Cl-].[Cl-]. The van der Waals surface area contributed by atoms with Gasteiger partial charge in [-0.05, 0) is 43.6 Å². The van der Waals surface area contributed by atoms with E-state index in [1.54, 1.807) is 24.2 Å². The normalized spacial score (nSPS) is 22.3. The first-order valence-electron chi connectivity index (χ1n) is 17.5. The van der Waals surface area contributed by atoms with Crippen molar-refractivity contribution < 1.29 is 49.0 Å². The molecule has 2 aliphatic heterocycles. The Hall–Kier alpha value is -0.927. The second kappa shape index (κ2) is 17.5. The Balaban J connectivity index is 0.000000303. The molecule has 2 heterocycles. The molecule has 268 valence electrons. The molecule has 0 saturated carbocycles. The van der Waals surface area contributed by atoms with Gasteiger partial charge >= 0.3 is 41.3 Å². The minimum absolute atomic E-state index is 0. The Morgan fingerprint density at radius 3 is 1.06 bits per heavy atom. The van der Waals surface area contributed by atoms with Gasteiger partial charge in [-0.3, -0.25) is 0 Å². The van der Waals surface area contributed by atoms with Crippen molar-refractivity contribution >= 4 is 29.7 Å². The van der Waals surface area contributed by atoms with Crippen LogP contribution in [0.4, 0.5) is 0 Å². The summed E-state index contributed by atoms with van der Waals surface area (Å²) in [5.74, 6) is 0. The third-order valence-electron chi connectivity index (χ3n) is 8.84. The van der Waals surface area contributed by atoms with Crippen LogP contribution in [-0.4, -0.2) is 14.5 Å². The van der Waals surface area contributed by atoms with Crippen LogP contribution in [-0.2, 0) is 24.2 Å². The fraction of sp³-hybridized carbons (Fsp3) is 0.444. The van der Waals surface area contributed by atoms with Crippen LogP contribution in [0.1, 0.15) is 96.9 Å². The van der Waals surface area contributed by atoms with Crippen molar-refractivity contribution in [2.24, 2.45) is 21.7 Å². The van der Waals surface area contributed by atoms with Crippen LogP contribution < -0.4 is 35.4 Å². The van der Waals surface area contributed by atoms with Crippen LogP contribution in [0.15, 0.2) is 118 Å². The van der Waals surface area contributed by atoms with E-state index in [-0.39, 0.29) is 62.3 Å². The van der Waals surface area contributed by atoms with E-state index in [9.17, 15) is 0 Å². The van der Waals surface area contributed by atoms with Crippen molar-refractivity contribution in [2.75, 3.05) is 0 Å². The number of fused-ring (bicyclic) bond motifs is 2. The third kappa shape index (κ3) is 11.1. The summed E-state index contributed by atoms with van der Waals surface area (Å²) >= 11 is 1.55. The van der Waals surface area contributed by atoms with E-state index in [1.807, 2.05) is 0 Å². The molecule has 0 spiro atoms. The average molecular weight is 823 g/mol. The number of benzene rings is 2. The van der Waals surface area contributed by atoms with Gasteiger partial charge in [0.25, 0.3) is 0 Å². The first kappa shape index (κ1) is 45.2. The average Bonchev–Trinajstić information content (AvgIpc) is 3.71. The van der Waals surface area contributed by atoms with Crippen LogP contribution in [0.2, 0.25) is 0 Å². The molecule has 6 rings (SSSR count). The molecule has 0 nitrogen and oxygen atoms in total. The van der Waals surface area contributed by atoms with Crippen molar-refractivity contribution in [2.45, 2.75) is 108 Å². The van der Waals surface area contributed by atoms with Crippen LogP contribution in [0.3, 0.4) is 0 Å². The van der Waals surface area contributed by atoms with Crippen LogP contribution in [0, 0.1) is 33.8 Å². The summed E-state index contributed by atoms with van der Waals surface area (Å²) < 4.78 is 1.51. The fourth-order valence-electron chi connectivity index (χ4n) is 6.20. The second-order valence-electron chi connectivity index (χ2n) is 17.8. The van der Waals surface area contributed by atoms with Crippen molar-refractivity contribution in [3.63, 3.8) is 0 Å². The van der Waals surface area contributed by atoms with E-state index in [0.29, 0.717) is 11.3 Å². The number of hydrogen-bond acceptors (Lipinski definition) is 0. The third-order valence-corrected chi connectivity index (χ3v) is 15.3. The minimum atomic E-state index is -0.321. The van der Waals surface area contributed by atoms with E-state index in [1.165, 1.54) is 46.7 Å². The fourth-order valence-corrected chi connectivity index (χ4v) is 12.4. The Morgan fingerprint density at radius 2 is 0.820 bits per heavy atom. The minimum Gasteiger partial charge on any atom is -1.00 e. The molecular weight excluding hydrogens is 765 g/mol. The standard InChI is InChI=1S/2C21H26P.C3H6.2ClH.Zr/c2*1-20(2,3)16-12-15-13-19(21(4,5)6)22(18(15)14-16)17-10-8-7-9-11-17;1-3-2;;;/h2*7-11,13-14,19H,1-6H3;1-2H3;2*1H;/q2*-1;;;;+2/p-2. The summed E-state index contributed by atoms with van der Waals surface area (Å²) in [7, 11) is -0.641. The zero-order chi connectivity index (χ0) is 35.8. The molecule has 0 radical (unpaired) electrons. The summed E-state index contributed by atoms with van der Waals surface area (Å²) in [4.78, 5) is 0. The van der Waals surface area contributed by atoms with Gasteiger partial charge in [-0.2, -0.15) is 23.3 Å². The molecule has 0 bridgehead atoms. The van der Waals surface area contributed by atoms with Gasteiger partial charge in [-0.15, -0.1) is 46.1 Å². The van der Waals surface area contributed by atoms with Crippen LogP contribution >= 0.6 is 15.8 Å². The Bertz CT molecular complexity index is 1550. The van der Waals surface area contributed by atoms with Gasteiger partial charge in [0.15, 0.2) is 0 Å². The van der Waals surface area contributed by atoms with Gasteiger partial charge in [-0.1, -0.05) is 160 Å². The second-order valence-corrected chi connectivity index (χ2v) is 24.9. The van der Waals surface area contributed by atoms with E-state index < -0.39 is 0 Å². The molecule has 2 aromatic rings. The maximum Gasteiger partial charge on any atom is -1.00 e. The summed E-state index contributed by atoms with van der Waals surface area (Å²) in [5.41, 5.74) is 7.53. The van der Waals surface area contributed by atoms with E-state index in [0.717, 1.165) is 0 Å². The Kier molecular flexibility index (Phi) is 15.8. The molecule has 0 aromatic heterocycles. The summed E-state index contributed by atoms with van der Waals surface area (Å²) in [6, 6.07) is 22.1. The van der Waals surface area contributed by atoms with Gasteiger partial charge in [0.1, 0.15) is 0 Å². The summed E-state index contributed by atoms with van der Waals surface area (Å²) in [5, 5.41) is 6.05. The number of hydrogen-bond donors (Lipinski definition) is 0. The summed E-state index contributed by atoms with van der Waals surface area (Å²) in [6.45, 7) is 32.1. The topological polar surface area (TPSA) is 0 Å². The molecule has 2 aromatic carbocycles. The monoisotopic (exact) mass is 820 g/mol. The number of halogens is 2. The molecule has 0 amide bonds. The molecular formula is C45H58Cl2P2Zr-2. The zero-order valence-electron chi connectivity index (χ0n) is 32.9. The number of allylic oxidation sites excluding steroid dienone is 12. The molecule has 50 heavy (non-hydrogen) atoms. The predicted molar refractivity (Wildman–Crippen MR) is 214 cm³/mol. The van der Waals surface area contributed by atoms with Crippen molar-refractivity contribution in [1.82, 2.24) is 0 Å². The molecule has 0 N–H and O–H groups in total. The quantitative estimate of drug-likeness (QED) is 0.244. The van der Waals surface area contributed by atoms with Gasteiger partial charge < -0.3 is 24.8 Å². The van der Waals surface area contributed by atoms with Gasteiger partial charge in [-0.25, -0.2) is 0 Å². The molecule has 0 saturated heterocycles. The van der Waals surface area contributed by atoms with Crippen LogP contribution in [0.25, 0.3) is 0 Å². The predicted octanol–water partition coefficient (Wildman–Crippen LogP) is 6.40. The molecule has 4 aliphatic rings. The maximum absolute atomic E-state index is 3.70. The Labute approximate surface area is 336 Å². The van der Waals surface area contributed by atoms with Crippen molar-refractivity contribution in [3.05, 3.63) is 130 Å². The summed E-state index contributed by atoms with van der Waals surface area (Å²) in [6.07, 6.45) is 17.2. The van der Waals surface area contributed by atoms with Gasteiger partial charge in [0, 0.05) is 0 Å². The van der Waals surface area contributed by atoms with Gasteiger partial charge in [0.05, 0.1) is 0 Å². The molecule has 0 fully saturated rings. The van der Waals surface area contributed by atoms with E-state index in [2.05, 4.69) is 194 Å². The first-order valence-corrected chi connectivity index (χ1v) is 21.5. The van der Waals surface area contributed by atoms with Crippen molar-refractivity contribution in [1.29, 1.82) is 0 Å². The molecule has 2 aliphatic carbocycles. The molecule has 4 atom stereocenters. The van der Waals surface area contributed by atoms with Crippen molar-refractivity contribution in [3.8, 4) is 0 Å².